The zero-order valence-corrected chi connectivity index (χ0v) is 58.4. The lowest BCUT2D eigenvalue weighted by molar-refractivity contribution is -0.142. The summed E-state index contributed by atoms with van der Waals surface area (Å²) in [6, 6.07) is 18.9. The van der Waals surface area contributed by atoms with E-state index in [0.717, 1.165) is 27.4 Å². The molecule has 552 valence electrons. The van der Waals surface area contributed by atoms with Crippen molar-refractivity contribution in [2.24, 2.45) is 34.8 Å². The Balaban J connectivity index is 1.16. The first-order valence-electron chi connectivity index (χ1n) is 34.7. The zero-order chi connectivity index (χ0) is 74.7. The lowest BCUT2D eigenvalue weighted by Gasteiger charge is -2.30. The summed E-state index contributed by atoms with van der Waals surface area (Å²) in [5.74, 6) is -9.92. The highest BCUT2D eigenvalue weighted by Gasteiger charge is 2.38. The van der Waals surface area contributed by atoms with Gasteiger partial charge in [-0.15, -0.1) is 0 Å². The molecule has 0 unspecified atom stereocenters. The van der Waals surface area contributed by atoms with E-state index in [2.05, 4.69) is 73.4 Å². The molecule has 0 aliphatic rings. The molecule has 3 heterocycles. The molecule has 26 N–H and O–H groups in total. The third kappa shape index (κ3) is 23.5. The number of aromatic nitrogens is 3. The molecule has 0 bridgehead atoms. The number of nitrogens with one attached hydrogen (secondary N) is 17. The SMILES string of the molecule is CC[C@H](C)[C@H](NC(=O)[C@H](CCCNC(=N)N)NC(=O)[C@H](Cc1c[nH]c2ccccc12)NC(=O)[C@@H](NC(=O)[C@H](CCCNC(=N)N)NC(=O)[C@H](Cc1c[nH]c2ccccc12)NC(=O)[C@@H](N)Cc1ccccc1)[C@@H](C)CC)C(=O)N[C@@H](Cc1c[nH]c2ccccc12)C(=O)N[C@@H](CCCNC(=N)N)C(=O)O. The highest BCUT2D eigenvalue weighted by atomic mass is 16.4. The number of rotatable bonds is 41. The van der Waals surface area contributed by atoms with Gasteiger partial charge in [-0.05, 0) is 97.2 Å². The average molecular weight is 1420 g/mol. The van der Waals surface area contributed by atoms with Crippen LogP contribution in [0.25, 0.3) is 32.7 Å². The zero-order valence-electron chi connectivity index (χ0n) is 58.4. The molecule has 103 heavy (non-hydrogen) atoms. The first-order chi connectivity index (χ1) is 49.3. The van der Waals surface area contributed by atoms with Crippen LogP contribution < -0.4 is 81.4 Å². The second kappa shape index (κ2) is 38.9. The second-order valence-electron chi connectivity index (χ2n) is 25.9. The average Bonchev–Trinajstić information content (AvgIpc) is 1.74. The van der Waals surface area contributed by atoms with E-state index in [1.54, 1.807) is 58.4 Å². The Bertz CT molecular complexity index is 4080. The monoisotopic (exact) mass is 1420 g/mol. The Hall–Kier alpha value is -11.5. The molecule has 3 aromatic heterocycles. The maximum absolute atomic E-state index is 15.3. The number of hydrogen-bond acceptors (Lipinski definition) is 13. The van der Waals surface area contributed by atoms with E-state index in [1.807, 2.05) is 91.0 Å². The molecule has 31 nitrogen and oxygen atoms in total. The summed E-state index contributed by atoms with van der Waals surface area (Å²) < 4.78 is 0. The number of carbonyl (C=O) groups excluding carboxylic acids is 8. The third-order valence-corrected chi connectivity index (χ3v) is 18.3. The molecule has 0 radical (unpaired) electrons. The van der Waals surface area contributed by atoms with Crippen LogP contribution in [0.5, 0.6) is 0 Å². The van der Waals surface area contributed by atoms with Crippen molar-refractivity contribution < 1.29 is 48.3 Å². The number of para-hydroxylation sites is 3. The minimum absolute atomic E-state index is 0.0278. The molecule has 0 aliphatic heterocycles. The quantitative estimate of drug-likeness (QED) is 0.0147. The van der Waals surface area contributed by atoms with Gasteiger partial charge in [0.15, 0.2) is 17.9 Å². The van der Waals surface area contributed by atoms with Gasteiger partial charge in [0.05, 0.1) is 6.04 Å². The summed E-state index contributed by atoms with van der Waals surface area (Å²) >= 11 is 0. The van der Waals surface area contributed by atoms with Crippen molar-refractivity contribution in [3.05, 3.63) is 144 Å². The number of benzene rings is 4. The first kappa shape index (κ1) is 78.8. The normalized spacial score (nSPS) is 14.5. The Morgan fingerprint density at radius 1 is 0.398 bits per heavy atom. The van der Waals surface area contributed by atoms with Gasteiger partial charge < -0.3 is 101 Å². The molecule has 11 atom stereocenters. The van der Waals surface area contributed by atoms with Gasteiger partial charge in [0, 0.05) is 90.2 Å². The summed E-state index contributed by atoms with van der Waals surface area (Å²) in [5.41, 5.74) is 28.0. The van der Waals surface area contributed by atoms with Crippen LogP contribution in [0.2, 0.25) is 0 Å². The first-order valence-corrected chi connectivity index (χ1v) is 34.7. The summed E-state index contributed by atoms with van der Waals surface area (Å²) in [6.07, 6.45) is 5.84. The molecule has 0 spiro atoms. The van der Waals surface area contributed by atoms with E-state index < -0.39 is 119 Å². The lowest BCUT2D eigenvalue weighted by atomic mass is 9.95. The second-order valence-corrected chi connectivity index (χ2v) is 25.9. The largest absolute Gasteiger partial charge is 0.480 e. The van der Waals surface area contributed by atoms with Crippen molar-refractivity contribution in [2.75, 3.05) is 19.6 Å². The third-order valence-electron chi connectivity index (χ3n) is 18.3. The molecule has 31 heteroatoms. The Morgan fingerprint density at radius 3 is 1.04 bits per heavy atom. The smallest absolute Gasteiger partial charge is 0.326 e. The molecule has 0 saturated heterocycles. The molecule has 7 rings (SSSR count). The van der Waals surface area contributed by atoms with Crippen LogP contribution in [-0.2, 0) is 68.8 Å². The van der Waals surface area contributed by atoms with E-state index in [4.69, 9.17) is 39.2 Å². The van der Waals surface area contributed by atoms with Crippen molar-refractivity contribution in [1.82, 2.24) is 73.4 Å². The number of amides is 8. The van der Waals surface area contributed by atoms with Crippen LogP contribution >= 0.6 is 0 Å². The fraction of sp³-hybridized carbons (Fsp3) is 0.417. The lowest BCUT2D eigenvalue weighted by Crippen LogP contribution is -2.62. The van der Waals surface area contributed by atoms with E-state index in [1.165, 1.54) is 0 Å². The van der Waals surface area contributed by atoms with E-state index in [9.17, 15) is 29.1 Å². The number of aromatic amines is 3. The van der Waals surface area contributed by atoms with Gasteiger partial charge in [-0.2, -0.15) is 0 Å². The molecule has 0 aliphatic carbocycles. The predicted octanol–water partition coefficient (Wildman–Crippen LogP) is 1.57. The Kier molecular flexibility index (Phi) is 29.8. The molecule has 8 amide bonds. The van der Waals surface area contributed by atoms with E-state index >= 15 is 19.2 Å². The summed E-state index contributed by atoms with van der Waals surface area (Å²) in [5, 5.41) is 65.9. The molecule has 7 aromatic rings. The number of H-pyrrole nitrogens is 3. The molecular weight excluding hydrogens is 1320 g/mol. The Labute approximate surface area is 596 Å². The maximum atomic E-state index is 15.3. The summed E-state index contributed by atoms with van der Waals surface area (Å²) in [6.45, 7) is 7.34. The van der Waals surface area contributed by atoms with Crippen molar-refractivity contribution in [1.29, 1.82) is 16.2 Å². The van der Waals surface area contributed by atoms with Crippen molar-refractivity contribution >= 4 is 104 Å². The van der Waals surface area contributed by atoms with Crippen molar-refractivity contribution in [3.8, 4) is 0 Å². The number of guanidine groups is 3. The van der Waals surface area contributed by atoms with Gasteiger partial charge in [0.25, 0.3) is 0 Å². The highest BCUT2D eigenvalue weighted by molar-refractivity contribution is 5.99. The van der Waals surface area contributed by atoms with Crippen LogP contribution in [0.3, 0.4) is 0 Å². The van der Waals surface area contributed by atoms with Crippen molar-refractivity contribution in [3.63, 3.8) is 0 Å². The van der Waals surface area contributed by atoms with Crippen LogP contribution in [-0.4, -0.2) is 165 Å². The number of aliphatic carboxylic acids is 1. The molecule has 0 fully saturated rings. The van der Waals surface area contributed by atoms with Gasteiger partial charge in [-0.25, -0.2) is 4.79 Å². The fourth-order valence-electron chi connectivity index (χ4n) is 12.1. The minimum atomic E-state index is -1.48. The van der Waals surface area contributed by atoms with Crippen LogP contribution in [0.4, 0.5) is 0 Å². The van der Waals surface area contributed by atoms with E-state index in [0.29, 0.717) is 40.4 Å². The van der Waals surface area contributed by atoms with Gasteiger partial charge in [-0.3, -0.25) is 54.6 Å². The molecule has 0 saturated carbocycles. The number of carboxylic acid groups (broad SMARTS) is 1. The van der Waals surface area contributed by atoms with Crippen LogP contribution in [0.1, 0.15) is 101 Å². The fourth-order valence-corrected chi connectivity index (χ4v) is 12.1. The number of hydrogen-bond donors (Lipinski definition) is 22. The van der Waals surface area contributed by atoms with Crippen LogP contribution in [0.15, 0.2) is 122 Å². The molecular formula is C72H99N21O10. The van der Waals surface area contributed by atoms with Gasteiger partial charge in [-0.1, -0.05) is 125 Å². The van der Waals surface area contributed by atoms with Crippen molar-refractivity contribution in [2.45, 2.75) is 159 Å². The number of fused-ring (bicyclic) bond motifs is 3. The topological polar surface area (TPSA) is 529 Å². The van der Waals surface area contributed by atoms with E-state index in [-0.39, 0.29) is 102 Å². The molecule has 4 aromatic carbocycles. The number of carboxylic acids is 1. The standard InChI is InChI=1S/C72H99N21O10/c1-5-40(3)59(92-62(95)53(27-16-30-80-70(74)75)86-64(97)56(34-43-37-83-50-24-13-10-21-46(43)50)89-61(94)49(73)33-42-19-8-7-9-20-42)67(100)90-57(35-44-38-84-51-25-14-11-22-47(44)51)65(98)87-54(28-17-31-81-71(76)77)63(96)93-60(41(4)6-2)68(101)91-58(36-45-39-85-52-26-15-12-23-48(45)52)66(99)88-55(69(102)103)29-18-32-82-72(78)79/h7-15,19-26,37-41,49,53-60,83-85H,5-6,16-18,27-36,73H2,1-4H3,(H,86,97)(H,87,98)(H,88,99)(H,89,94)(H,90,100)(H,91,101)(H,92,95)(H,93,96)(H,102,103)(H4,74,75,80)(H4,76,77,81)(H4,78,79,82)/t40-,41-,49-,53-,54-,55-,56-,57-,58-,59-,60-/m0/s1. The Morgan fingerprint density at radius 2 is 0.699 bits per heavy atom. The van der Waals surface area contributed by atoms with Crippen LogP contribution in [0, 0.1) is 28.1 Å². The summed E-state index contributed by atoms with van der Waals surface area (Å²) in [7, 11) is 0. The van der Waals surface area contributed by atoms with Gasteiger partial charge >= 0.3 is 5.97 Å². The number of carbonyl (C=O) groups is 9. The summed E-state index contributed by atoms with van der Waals surface area (Å²) in [4.78, 5) is 141. The van der Waals surface area contributed by atoms with Gasteiger partial charge in [0.1, 0.15) is 48.3 Å². The maximum Gasteiger partial charge on any atom is 0.326 e. The van der Waals surface area contributed by atoms with Gasteiger partial charge in [0.2, 0.25) is 47.3 Å². The minimum Gasteiger partial charge on any atom is -0.480 e. The number of nitrogens with two attached hydrogens (primary N) is 4. The highest BCUT2D eigenvalue weighted by Crippen LogP contribution is 2.24. The predicted molar refractivity (Wildman–Crippen MR) is 394 cm³/mol.